The van der Waals surface area contributed by atoms with Gasteiger partial charge < -0.3 is 15.5 Å². The summed E-state index contributed by atoms with van der Waals surface area (Å²) in [5.41, 5.74) is 2.24. The SMILES string of the molecule is O=C(Nc1ccccc1C(=O)NCC1CCN(c2ccccc2)C1)c1cccs1. The first-order chi connectivity index (χ1) is 14.2. The Morgan fingerprint density at radius 1 is 0.966 bits per heavy atom. The molecule has 3 aromatic rings. The van der Waals surface area contributed by atoms with Crippen LogP contribution in [0.2, 0.25) is 0 Å². The van der Waals surface area contributed by atoms with E-state index in [1.807, 2.05) is 41.8 Å². The van der Waals surface area contributed by atoms with E-state index in [4.69, 9.17) is 0 Å². The summed E-state index contributed by atoms with van der Waals surface area (Å²) in [6, 6.07) is 21.1. The van der Waals surface area contributed by atoms with Crippen LogP contribution < -0.4 is 15.5 Å². The topological polar surface area (TPSA) is 61.4 Å². The van der Waals surface area contributed by atoms with E-state index in [1.165, 1.54) is 17.0 Å². The highest BCUT2D eigenvalue weighted by Gasteiger charge is 2.23. The van der Waals surface area contributed by atoms with Crippen LogP contribution in [0.15, 0.2) is 72.1 Å². The maximum Gasteiger partial charge on any atom is 0.265 e. The quantitative estimate of drug-likeness (QED) is 0.644. The van der Waals surface area contributed by atoms with Gasteiger partial charge in [-0.05, 0) is 48.1 Å². The van der Waals surface area contributed by atoms with Crippen molar-refractivity contribution in [3.8, 4) is 0 Å². The number of rotatable bonds is 6. The van der Waals surface area contributed by atoms with Gasteiger partial charge in [-0.3, -0.25) is 9.59 Å². The lowest BCUT2D eigenvalue weighted by Crippen LogP contribution is -2.31. The number of benzene rings is 2. The van der Waals surface area contributed by atoms with Crippen LogP contribution in [-0.4, -0.2) is 31.4 Å². The van der Waals surface area contributed by atoms with Crippen molar-refractivity contribution in [1.29, 1.82) is 0 Å². The van der Waals surface area contributed by atoms with Crippen molar-refractivity contribution in [3.63, 3.8) is 0 Å². The van der Waals surface area contributed by atoms with E-state index in [9.17, 15) is 9.59 Å². The van der Waals surface area contributed by atoms with E-state index in [-0.39, 0.29) is 11.8 Å². The summed E-state index contributed by atoms with van der Waals surface area (Å²) in [5, 5.41) is 7.75. The molecule has 2 N–H and O–H groups in total. The third-order valence-corrected chi connectivity index (χ3v) is 5.99. The van der Waals surface area contributed by atoms with Gasteiger partial charge in [-0.2, -0.15) is 0 Å². The predicted octanol–water partition coefficient (Wildman–Crippen LogP) is 4.26. The van der Waals surface area contributed by atoms with Gasteiger partial charge in [-0.15, -0.1) is 11.3 Å². The molecule has 1 aliphatic rings. The number of carbonyl (C=O) groups excluding carboxylic acids is 2. The van der Waals surface area contributed by atoms with Gasteiger partial charge in [0.1, 0.15) is 0 Å². The molecule has 1 unspecified atom stereocenters. The molecular weight excluding hydrogens is 382 g/mol. The number of para-hydroxylation sites is 2. The number of nitrogens with one attached hydrogen (secondary N) is 2. The second kappa shape index (κ2) is 8.92. The zero-order valence-electron chi connectivity index (χ0n) is 16.0. The average molecular weight is 406 g/mol. The van der Waals surface area contributed by atoms with E-state index in [2.05, 4.69) is 27.7 Å². The van der Waals surface area contributed by atoms with Crippen molar-refractivity contribution < 1.29 is 9.59 Å². The Kier molecular flexibility index (Phi) is 5.91. The van der Waals surface area contributed by atoms with Gasteiger partial charge in [0.25, 0.3) is 11.8 Å². The Morgan fingerprint density at radius 3 is 2.55 bits per heavy atom. The van der Waals surface area contributed by atoms with Crippen LogP contribution in [-0.2, 0) is 0 Å². The monoisotopic (exact) mass is 405 g/mol. The molecule has 5 nitrogen and oxygen atoms in total. The predicted molar refractivity (Wildman–Crippen MR) is 118 cm³/mol. The number of amides is 2. The van der Waals surface area contributed by atoms with Crippen molar-refractivity contribution in [1.82, 2.24) is 5.32 Å². The molecule has 2 amide bonds. The van der Waals surface area contributed by atoms with E-state index in [0.717, 1.165) is 19.5 Å². The van der Waals surface area contributed by atoms with Gasteiger partial charge >= 0.3 is 0 Å². The fourth-order valence-corrected chi connectivity index (χ4v) is 4.21. The van der Waals surface area contributed by atoms with Gasteiger partial charge in [0, 0.05) is 25.3 Å². The van der Waals surface area contributed by atoms with E-state index >= 15 is 0 Å². The van der Waals surface area contributed by atoms with Gasteiger partial charge in [0.2, 0.25) is 0 Å². The fourth-order valence-electron chi connectivity index (χ4n) is 3.59. The molecule has 148 valence electrons. The second-order valence-corrected chi connectivity index (χ2v) is 8.07. The summed E-state index contributed by atoms with van der Waals surface area (Å²) in [4.78, 5) is 28.1. The Balaban J connectivity index is 1.35. The Hall–Kier alpha value is -3.12. The van der Waals surface area contributed by atoms with Crippen molar-refractivity contribution in [2.75, 3.05) is 29.9 Å². The smallest absolute Gasteiger partial charge is 0.265 e. The first-order valence-electron chi connectivity index (χ1n) is 9.73. The Bertz CT molecular complexity index is 973. The van der Waals surface area contributed by atoms with Crippen molar-refractivity contribution in [3.05, 3.63) is 82.6 Å². The van der Waals surface area contributed by atoms with Crippen LogP contribution in [0.5, 0.6) is 0 Å². The summed E-state index contributed by atoms with van der Waals surface area (Å²) >= 11 is 1.37. The largest absolute Gasteiger partial charge is 0.371 e. The minimum atomic E-state index is -0.199. The van der Waals surface area contributed by atoms with Gasteiger partial charge in [-0.25, -0.2) is 0 Å². The number of anilines is 2. The summed E-state index contributed by atoms with van der Waals surface area (Å²) in [7, 11) is 0. The molecule has 1 saturated heterocycles. The molecule has 0 aliphatic carbocycles. The highest BCUT2D eigenvalue weighted by Crippen LogP contribution is 2.23. The minimum absolute atomic E-state index is 0.162. The molecule has 0 radical (unpaired) electrons. The first kappa shape index (κ1) is 19.2. The molecule has 6 heteroatoms. The lowest BCUT2D eigenvalue weighted by Gasteiger charge is -2.19. The molecule has 1 atom stereocenters. The number of hydrogen-bond donors (Lipinski definition) is 2. The second-order valence-electron chi connectivity index (χ2n) is 7.12. The molecule has 4 rings (SSSR count). The molecule has 2 heterocycles. The van der Waals surface area contributed by atoms with E-state index in [0.29, 0.717) is 28.6 Å². The standard InChI is InChI=1S/C23H23N3O2S/c27-22(24-15-17-12-13-26(16-17)18-7-2-1-3-8-18)19-9-4-5-10-20(19)25-23(28)21-11-6-14-29-21/h1-11,14,17H,12-13,15-16H2,(H,24,27)(H,25,28). The van der Waals surface area contributed by atoms with Crippen LogP contribution in [0.3, 0.4) is 0 Å². The van der Waals surface area contributed by atoms with Crippen LogP contribution in [0.1, 0.15) is 26.5 Å². The third kappa shape index (κ3) is 4.66. The fraction of sp³-hybridized carbons (Fsp3) is 0.217. The van der Waals surface area contributed by atoms with E-state index in [1.54, 1.807) is 18.2 Å². The molecule has 1 aromatic heterocycles. The molecular formula is C23H23N3O2S. The van der Waals surface area contributed by atoms with Crippen LogP contribution in [0, 0.1) is 5.92 Å². The number of carbonyl (C=O) groups is 2. The van der Waals surface area contributed by atoms with Crippen LogP contribution >= 0.6 is 11.3 Å². The maximum absolute atomic E-state index is 12.8. The van der Waals surface area contributed by atoms with Crippen molar-refractivity contribution >= 4 is 34.5 Å². The molecule has 29 heavy (non-hydrogen) atoms. The summed E-state index contributed by atoms with van der Waals surface area (Å²) in [6.45, 7) is 2.55. The molecule has 1 fully saturated rings. The average Bonchev–Trinajstić information content (AvgIpc) is 3.45. The lowest BCUT2D eigenvalue weighted by molar-refractivity contribution is 0.0949. The minimum Gasteiger partial charge on any atom is -0.371 e. The lowest BCUT2D eigenvalue weighted by atomic mass is 10.1. The van der Waals surface area contributed by atoms with Crippen molar-refractivity contribution in [2.24, 2.45) is 5.92 Å². The van der Waals surface area contributed by atoms with Crippen LogP contribution in [0.4, 0.5) is 11.4 Å². The molecule has 1 aliphatic heterocycles. The molecule has 0 spiro atoms. The van der Waals surface area contributed by atoms with E-state index < -0.39 is 0 Å². The van der Waals surface area contributed by atoms with Gasteiger partial charge in [-0.1, -0.05) is 36.4 Å². The summed E-state index contributed by atoms with van der Waals surface area (Å²) in [6.07, 6.45) is 1.05. The first-order valence-corrected chi connectivity index (χ1v) is 10.6. The highest BCUT2D eigenvalue weighted by atomic mass is 32.1. The zero-order valence-corrected chi connectivity index (χ0v) is 16.8. The Morgan fingerprint density at radius 2 is 1.76 bits per heavy atom. The Labute approximate surface area is 174 Å². The van der Waals surface area contributed by atoms with Crippen LogP contribution in [0.25, 0.3) is 0 Å². The number of nitrogens with zero attached hydrogens (tertiary/aromatic N) is 1. The summed E-state index contributed by atoms with van der Waals surface area (Å²) < 4.78 is 0. The molecule has 0 saturated carbocycles. The third-order valence-electron chi connectivity index (χ3n) is 5.12. The zero-order chi connectivity index (χ0) is 20.1. The summed E-state index contributed by atoms with van der Waals surface area (Å²) in [5.74, 6) is 0.0480. The number of thiophene rings is 1. The number of hydrogen-bond acceptors (Lipinski definition) is 4. The van der Waals surface area contributed by atoms with Gasteiger partial charge in [0.05, 0.1) is 16.1 Å². The molecule has 2 aromatic carbocycles. The normalized spacial score (nSPS) is 15.9. The highest BCUT2D eigenvalue weighted by molar-refractivity contribution is 7.12. The van der Waals surface area contributed by atoms with Gasteiger partial charge in [0.15, 0.2) is 0 Å². The molecule has 0 bridgehead atoms. The maximum atomic E-state index is 12.8. The van der Waals surface area contributed by atoms with Crippen molar-refractivity contribution in [2.45, 2.75) is 6.42 Å².